The second-order valence-corrected chi connectivity index (χ2v) is 5.59. The monoisotopic (exact) mass is 383 g/mol. The van der Waals surface area contributed by atoms with Gasteiger partial charge in [0.2, 0.25) is 5.52 Å². The maximum Gasteiger partial charge on any atom is 0.407 e. The summed E-state index contributed by atoms with van der Waals surface area (Å²) >= 11 is 0. The van der Waals surface area contributed by atoms with Crippen LogP contribution in [0, 0.1) is 5.21 Å². The molecule has 2 heterocycles. The van der Waals surface area contributed by atoms with Gasteiger partial charge in [-0.1, -0.05) is 0 Å². The number of carbonyl (C=O) groups is 2. The van der Waals surface area contributed by atoms with Crippen LogP contribution >= 0.6 is 0 Å². The van der Waals surface area contributed by atoms with Crippen LogP contribution in [0.4, 0.5) is 0 Å². The molecule has 0 fully saturated rings. The highest BCUT2D eigenvalue weighted by Crippen LogP contribution is 2.19. The molecule has 0 aliphatic heterocycles. The highest BCUT2D eigenvalue weighted by molar-refractivity contribution is 5.90. The van der Waals surface area contributed by atoms with Gasteiger partial charge in [-0.25, -0.2) is 14.6 Å². The summed E-state index contributed by atoms with van der Waals surface area (Å²) < 4.78 is 15.7. The predicted molar refractivity (Wildman–Crippen MR) is 96.6 cm³/mol. The molecule has 1 aromatic carbocycles. The number of methoxy groups -OCH3 is 1. The first kappa shape index (κ1) is 19.0. The van der Waals surface area contributed by atoms with Gasteiger partial charge in [0.25, 0.3) is 0 Å². The van der Waals surface area contributed by atoms with E-state index in [1.54, 1.807) is 25.1 Å². The lowest BCUT2D eigenvalue weighted by Crippen LogP contribution is -2.39. The molecule has 0 saturated carbocycles. The quantitative estimate of drug-likeness (QED) is 0.360. The van der Waals surface area contributed by atoms with Crippen molar-refractivity contribution in [3.8, 4) is 5.75 Å². The Balaban J connectivity index is 2.00. The van der Waals surface area contributed by atoms with E-state index >= 15 is 0 Å². The van der Waals surface area contributed by atoms with Crippen LogP contribution in [0.15, 0.2) is 42.7 Å². The fourth-order valence-electron chi connectivity index (χ4n) is 2.52. The summed E-state index contributed by atoms with van der Waals surface area (Å²) in [6.45, 7) is 1.31. The van der Waals surface area contributed by atoms with Crippen LogP contribution < -0.4 is 9.47 Å². The number of ether oxygens (including phenoxy) is 3. The Morgan fingerprint density at radius 1 is 1.18 bits per heavy atom. The van der Waals surface area contributed by atoms with Crippen LogP contribution in [0.2, 0.25) is 0 Å². The van der Waals surface area contributed by atoms with E-state index in [0.29, 0.717) is 16.0 Å². The van der Waals surface area contributed by atoms with Crippen molar-refractivity contribution in [3.05, 3.63) is 64.9 Å². The number of fused-ring (bicyclic) bond motifs is 1. The average molecular weight is 383 g/mol. The Bertz CT molecular complexity index is 1020. The largest absolute Gasteiger partial charge is 0.618 e. The molecule has 0 radical (unpaired) electrons. The number of pyridine rings is 1. The Morgan fingerprint density at radius 2 is 2.00 bits per heavy atom. The number of hydrogen-bond acceptors (Lipinski definition) is 8. The first-order valence-corrected chi connectivity index (χ1v) is 8.39. The maximum atomic E-state index is 12.8. The molecular weight excluding hydrogens is 366 g/mol. The first-order valence-electron chi connectivity index (χ1n) is 8.39. The molecule has 3 rings (SSSR count). The van der Waals surface area contributed by atoms with Gasteiger partial charge < -0.3 is 19.4 Å². The van der Waals surface area contributed by atoms with Gasteiger partial charge in [0, 0.05) is 12.4 Å². The zero-order valence-electron chi connectivity index (χ0n) is 15.2. The van der Waals surface area contributed by atoms with Gasteiger partial charge in [-0.2, -0.15) is 4.73 Å². The molecule has 2 aromatic heterocycles. The lowest BCUT2D eigenvalue weighted by atomic mass is 10.2. The predicted octanol–water partition coefficient (Wildman–Crippen LogP) is 1.81. The van der Waals surface area contributed by atoms with Crippen molar-refractivity contribution in [1.29, 1.82) is 0 Å². The Labute approximate surface area is 160 Å². The first-order chi connectivity index (χ1) is 13.5. The molecule has 0 aliphatic carbocycles. The van der Waals surface area contributed by atoms with Gasteiger partial charge in [0.1, 0.15) is 17.9 Å². The summed E-state index contributed by atoms with van der Waals surface area (Å²) in [5.74, 6) is -1.08. The zero-order valence-corrected chi connectivity index (χ0v) is 15.2. The van der Waals surface area contributed by atoms with Crippen molar-refractivity contribution in [2.24, 2.45) is 0 Å². The van der Waals surface area contributed by atoms with E-state index in [-0.39, 0.29) is 35.7 Å². The van der Waals surface area contributed by atoms with E-state index in [4.69, 9.17) is 14.2 Å². The van der Waals surface area contributed by atoms with Crippen molar-refractivity contribution >= 4 is 23.0 Å². The molecule has 0 bridgehead atoms. The Kier molecular flexibility index (Phi) is 5.64. The van der Waals surface area contributed by atoms with Crippen LogP contribution in [0.1, 0.15) is 33.5 Å². The number of aromatic nitrogens is 3. The molecule has 0 spiro atoms. The smallest absolute Gasteiger partial charge is 0.407 e. The lowest BCUT2D eigenvalue weighted by Gasteiger charge is -2.12. The fourth-order valence-corrected chi connectivity index (χ4v) is 2.52. The Hall–Kier alpha value is -3.75. The molecular formula is C19H17N3O6. The summed E-state index contributed by atoms with van der Waals surface area (Å²) in [5.41, 5.74) is 0.326. The van der Waals surface area contributed by atoms with Crippen molar-refractivity contribution in [2.45, 2.75) is 13.5 Å². The maximum absolute atomic E-state index is 12.8. The van der Waals surface area contributed by atoms with Gasteiger partial charge in [-0.15, -0.1) is 0 Å². The lowest BCUT2D eigenvalue weighted by molar-refractivity contribution is -0.581. The summed E-state index contributed by atoms with van der Waals surface area (Å²) in [7, 11) is 1.46. The summed E-state index contributed by atoms with van der Waals surface area (Å²) in [5, 5.41) is 12.8. The normalized spacial score (nSPS) is 10.5. The van der Waals surface area contributed by atoms with Crippen molar-refractivity contribution in [1.82, 2.24) is 9.97 Å². The summed E-state index contributed by atoms with van der Waals surface area (Å²) in [6.07, 6.45) is 2.87. The zero-order chi connectivity index (χ0) is 20.1. The molecule has 0 saturated heterocycles. The average Bonchev–Trinajstić information content (AvgIpc) is 2.72. The van der Waals surface area contributed by atoms with E-state index in [0.717, 1.165) is 0 Å². The molecule has 0 atom stereocenters. The molecule has 0 unspecified atom stereocenters. The summed E-state index contributed by atoms with van der Waals surface area (Å²) in [4.78, 5) is 32.6. The minimum atomic E-state index is -0.859. The third-order valence-corrected chi connectivity index (χ3v) is 3.84. The van der Waals surface area contributed by atoms with Crippen LogP contribution in [0.5, 0.6) is 5.75 Å². The van der Waals surface area contributed by atoms with Crippen LogP contribution in [0.25, 0.3) is 11.0 Å². The second-order valence-electron chi connectivity index (χ2n) is 5.59. The highest BCUT2D eigenvalue weighted by atomic mass is 16.5. The number of nitrogens with zero attached hydrogens (tertiary/aromatic N) is 3. The fraction of sp³-hybridized carbons (Fsp3) is 0.211. The molecule has 0 aliphatic rings. The molecule has 144 valence electrons. The third-order valence-electron chi connectivity index (χ3n) is 3.84. The minimum absolute atomic E-state index is 0.0108. The molecule has 9 nitrogen and oxygen atoms in total. The van der Waals surface area contributed by atoms with E-state index < -0.39 is 11.9 Å². The molecule has 0 amide bonds. The van der Waals surface area contributed by atoms with E-state index in [9.17, 15) is 14.8 Å². The standard InChI is InChI=1S/C19H17N3O6/c1-3-27-19(24)17-15(11-28-18(23)12-5-4-8-20-10-12)21-14-7-6-13(26-2)9-16(14)22(17)25/h4-10H,3,11H2,1-2H3. The van der Waals surface area contributed by atoms with E-state index in [1.807, 2.05) is 0 Å². The third kappa shape index (κ3) is 3.83. The van der Waals surface area contributed by atoms with E-state index in [1.165, 1.54) is 31.6 Å². The van der Waals surface area contributed by atoms with Crippen molar-refractivity contribution in [3.63, 3.8) is 0 Å². The Morgan fingerprint density at radius 3 is 2.68 bits per heavy atom. The van der Waals surface area contributed by atoms with Crippen LogP contribution in [0.3, 0.4) is 0 Å². The van der Waals surface area contributed by atoms with E-state index in [2.05, 4.69) is 9.97 Å². The molecule has 9 heteroatoms. The number of rotatable bonds is 6. The van der Waals surface area contributed by atoms with Crippen LogP contribution in [-0.2, 0) is 16.1 Å². The summed E-state index contributed by atoms with van der Waals surface area (Å²) in [6, 6.07) is 7.79. The van der Waals surface area contributed by atoms with Gasteiger partial charge in [-0.3, -0.25) is 4.98 Å². The number of esters is 2. The topological polar surface area (TPSA) is 115 Å². The van der Waals surface area contributed by atoms with Gasteiger partial charge in [0.15, 0.2) is 5.69 Å². The molecule has 0 N–H and O–H groups in total. The minimum Gasteiger partial charge on any atom is -0.618 e. The SMILES string of the molecule is CCOC(=O)c1c(COC(=O)c2cccnc2)nc2ccc(OC)cc2[n+]1[O-]. The van der Waals surface area contributed by atoms with Crippen molar-refractivity contribution in [2.75, 3.05) is 13.7 Å². The molecule has 3 aromatic rings. The van der Waals surface area contributed by atoms with Gasteiger partial charge in [-0.05, 0) is 31.2 Å². The molecule has 28 heavy (non-hydrogen) atoms. The van der Waals surface area contributed by atoms with Crippen LogP contribution in [-0.4, -0.2) is 35.6 Å². The number of benzene rings is 1. The second kappa shape index (κ2) is 8.30. The van der Waals surface area contributed by atoms with Crippen molar-refractivity contribution < 1.29 is 28.5 Å². The van der Waals surface area contributed by atoms with Gasteiger partial charge in [0.05, 0.1) is 25.3 Å². The number of hydrogen-bond donors (Lipinski definition) is 0. The van der Waals surface area contributed by atoms with Gasteiger partial charge >= 0.3 is 17.6 Å². The highest BCUT2D eigenvalue weighted by Gasteiger charge is 2.28. The number of carbonyl (C=O) groups excluding carboxylic acids is 2.